The molecule has 0 unspecified atom stereocenters. The Hall–Kier alpha value is -4.13. The molecule has 0 radical (unpaired) electrons. The third-order valence-corrected chi connectivity index (χ3v) is 5.45. The van der Waals surface area contributed by atoms with E-state index in [-0.39, 0.29) is 17.9 Å². The van der Waals surface area contributed by atoms with Gasteiger partial charge in [0.1, 0.15) is 22.7 Å². The molecule has 5 rings (SSSR count). The van der Waals surface area contributed by atoms with E-state index in [0.29, 0.717) is 46.6 Å². The van der Waals surface area contributed by atoms with Gasteiger partial charge in [0.15, 0.2) is 0 Å². The van der Waals surface area contributed by atoms with E-state index in [2.05, 4.69) is 15.3 Å². The van der Waals surface area contributed by atoms with Crippen LogP contribution in [0.25, 0.3) is 32.8 Å². The van der Waals surface area contributed by atoms with E-state index in [1.54, 1.807) is 31.4 Å². The van der Waals surface area contributed by atoms with Crippen LogP contribution in [0.5, 0.6) is 5.75 Å². The smallest absolute Gasteiger partial charge is 0.258 e. The summed E-state index contributed by atoms with van der Waals surface area (Å²) in [5.74, 6) is 0.989. The SMILES string of the molecule is COc1cc2c(cc1NC(=O)CCCc1nc3ccccc3c(=O)[nH]1)oc1ccccc12. The largest absolute Gasteiger partial charge is 0.495 e. The second-order valence-corrected chi connectivity index (χ2v) is 7.58. The molecule has 3 aromatic carbocycles. The van der Waals surface area contributed by atoms with Gasteiger partial charge in [-0.05, 0) is 30.7 Å². The van der Waals surface area contributed by atoms with Gasteiger partial charge >= 0.3 is 0 Å². The van der Waals surface area contributed by atoms with Crippen LogP contribution in [-0.4, -0.2) is 23.0 Å². The molecule has 2 heterocycles. The number of aryl methyl sites for hydroxylation is 1. The second kappa shape index (κ2) is 8.19. The number of aromatic nitrogens is 2. The van der Waals surface area contributed by atoms with Crippen molar-refractivity contribution in [2.45, 2.75) is 19.3 Å². The maximum atomic E-state index is 12.6. The lowest BCUT2D eigenvalue weighted by Crippen LogP contribution is -2.14. The van der Waals surface area contributed by atoms with Crippen LogP contribution in [0.3, 0.4) is 0 Å². The topological polar surface area (TPSA) is 97.2 Å². The number of hydrogen-bond acceptors (Lipinski definition) is 5. The first-order valence-corrected chi connectivity index (χ1v) is 10.4. The normalized spacial score (nSPS) is 11.3. The molecule has 160 valence electrons. The van der Waals surface area contributed by atoms with Crippen LogP contribution in [0, 0.1) is 0 Å². The zero-order valence-electron chi connectivity index (χ0n) is 17.5. The summed E-state index contributed by atoms with van der Waals surface area (Å²) in [6.07, 6.45) is 1.31. The van der Waals surface area contributed by atoms with Crippen molar-refractivity contribution in [3.63, 3.8) is 0 Å². The Labute approximate surface area is 183 Å². The first-order valence-electron chi connectivity index (χ1n) is 10.4. The molecular weight excluding hydrogens is 406 g/mol. The van der Waals surface area contributed by atoms with Crippen LogP contribution in [0.2, 0.25) is 0 Å². The van der Waals surface area contributed by atoms with Crippen molar-refractivity contribution < 1.29 is 13.9 Å². The van der Waals surface area contributed by atoms with Gasteiger partial charge in [0.25, 0.3) is 5.56 Å². The molecule has 0 saturated carbocycles. The molecule has 2 N–H and O–H groups in total. The minimum Gasteiger partial charge on any atom is -0.495 e. The minimum atomic E-state index is -0.168. The third kappa shape index (κ3) is 3.69. The Bertz CT molecular complexity index is 1520. The standard InChI is InChI=1S/C25H21N3O4/c1-31-22-13-17-15-7-3-5-10-20(15)32-21(17)14-19(22)27-24(29)12-6-11-23-26-18-9-4-2-8-16(18)25(30)28-23/h2-5,7-10,13-14H,6,11-12H2,1H3,(H,27,29)(H,26,28,30). The number of H-pyrrole nitrogens is 1. The maximum absolute atomic E-state index is 12.6. The Morgan fingerprint density at radius 2 is 1.81 bits per heavy atom. The van der Waals surface area contributed by atoms with Crippen molar-refractivity contribution >= 4 is 44.4 Å². The number of anilines is 1. The van der Waals surface area contributed by atoms with Gasteiger partial charge in [0.05, 0.1) is 23.7 Å². The second-order valence-electron chi connectivity index (χ2n) is 7.58. The van der Waals surface area contributed by atoms with E-state index in [1.165, 1.54) is 0 Å². The summed E-state index contributed by atoms with van der Waals surface area (Å²) in [5, 5.41) is 5.39. The molecule has 0 spiro atoms. The molecule has 0 aliphatic rings. The van der Waals surface area contributed by atoms with Crippen LogP contribution in [0.1, 0.15) is 18.7 Å². The molecular formula is C25H21N3O4. The van der Waals surface area contributed by atoms with Crippen LogP contribution >= 0.6 is 0 Å². The number of fused-ring (bicyclic) bond motifs is 4. The summed E-state index contributed by atoms with van der Waals surface area (Å²) < 4.78 is 11.4. The fraction of sp³-hybridized carbons (Fsp3) is 0.160. The van der Waals surface area contributed by atoms with Crippen molar-refractivity contribution in [3.05, 3.63) is 76.8 Å². The van der Waals surface area contributed by atoms with Crippen LogP contribution in [-0.2, 0) is 11.2 Å². The van der Waals surface area contributed by atoms with Crippen LogP contribution in [0.4, 0.5) is 5.69 Å². The minimum absolute atomic E-state index is 0.151. The highest BCUT2D eigenvalue weighted by Gasteiger charge is 2.14. The molecule has 32 heavy (non-hydrogen) atoms. The van der Waals surface area contributed by atoms with Gasteiger partial charge < -0.3 is 19.5 Å². The number of ether oxygens (including phenoxy) is 1. The molecule has 5 aromatic rings. The average Bonchev–Trinajstić information content (AvgIpc) is 3.16. The number of amides is 1. The summed E-state index contributed by atoms with van der Waals surface area (Å²) in [6, 6.07) is 18.6. The summed E-state index contributed by atoms with van der Waals surface area (Å²) in [7, 11) is 1.57. The quantitative estimate of drug-likeness (QED) is 0.406. The van der Waals surface area contributed by atoms with Crippen LogP contribution in [0.15, 0.2) is 69.9 Å². The summed E-state index contributed by atoms with van der Waals surface area (Å²) in [6.45, 7) is 0. The van der Waals surface area contributed by atoms with Gasteiger partial charge in [-0.1, -0.05) is 30.3 Å². The monoisotopic (exact) mass is 427 g/mol. The Kier molecular flexibility index (Phi) is 5.07. The van der Waals surface area contributed by atoms with Gasteiger partial charge in [-0.15, -0.1) is 0 Å². The summed E-state index contributed by atoms with van der Waals surface area (Å²) in [5.41, 5.74) is 2.50. The lowest BCUT2D eigenvalue weighted by molar-refractivity contribution is -0.116. The fourth-order valence-electron chi connectivity index (χ4n) is 3.90. The number of furan rings is 1. The Morgan fingerprint density at radius 1 is 1.03 bits per heavy atom. The van der Waals surface area contributed by atoms with Gasteiger partial charge in [0.2, 0.25) is 5.91 Å². The lowest BCUT2D eigenvalue weighted by atomic mass is 10.1. The summed E-state index contributed by atoms with van der Waals surface area (Å²) >= 11 is 0. The zero-order valence-corrected chi connectivity index (χ0v) is 17.5. The highest BCUT2D eigenvalue weighted by molar-refractivity contribution is 6.07. The van der Waals surface area contributed by atoms with Crippen molar-refractivity contribution in [1.29, 1.82) is 0 Å². The molecule has 7 nitrogen and oxygen atoms in total. The number of carbonyl (C=O) groups excluding carboxylic acids is 1. The van der Waals surface area contributed by atoms with E-state index < -0.39 is 0 Å². The predicted molar refractivity (Wildman–Crippen MR) is 124 cm³/mol. The number of benzene rings is 3. The summed E-state index contributed by atoms with van der Waals surface area (Å²) in [4.78, 5) is 32.0. The highest BCUT2D eigenvalue weighted by atomic mass is 16.5. The van der Waals surface area contributed by atoms with Crippen molar-refractivity contribution in [3.8, 4) is 5.75 Å². The zero-order chi connectivity index (χ0) is 22.1. The molecule has 7 heteroatoms. The molecule has 0 aliphatic carbocycles. The lowest BCUT2D eigenvalue weighted by Gasteiger charge is -2.10. The van der Waals surface area contributed by atoms with E-state index in [4.69, 9.17) is 9.15 Å². The predicted octanol–water partition coefficient (Wildman–Crippen LogP) is 4.79. The fourth-order valence-corrected chi connectivity index (χ4v) is 3.90. The number of nitrogens with zero attached hydrogens (tertiary/aromatic N) is 1. The average molecular weight is 427 g/mol. The number of carbonyl (C=O) groups is 1. The van der Waals surface area contributed by atoms with E-state index >= 15 is 0 Å². The molecule has 1 amide bonds. The van der Waals surface area contributed by atoms with Crippen molar-refractivity contribution in [2.75, 3.05) is 12.4 Å². The molecule has 0 aliphatic heterocycles. The van der Waals surface area contributed by atoms with E-state index in [1.807, 2.05) is 36.4 Å². The van der Waals surface area contributed by atoms with E-state index in [9.17, 15) is 9.59 Å². The molecule has 0 bridgehead atoms. The van der Waals surface area contributed by atoms with E-state index in [0.717, 1.165) is 16.4 Å². The Balaban J connectivity index is 1.29. The van der Waals surface area contributed by atoms with Gasteiger partial charge in [-0.25, -0.2) is 4.98 Å². The first-order chi connectivity index (χ1) is 15.6. The van der Waals surface area contributed by atoms with Gasteiger partial charge in [-0.2, -0.15) is 0 Å². The van der Waals surface area contributed by atoms with Crippen molar-refractivity contribution in [1.82, 2.24) is 9.97 Å². The van der Waals surface area contributed by atoms with Crippen LogP contribution < -0.4 is 15.6 Å². The maximum Gasteiger partial charge on any atom is 0.258 e. The third-order valence-electron chi connectivity index (χ3n) is 5.45. The number of nitrogens with one attached hydrogen (secondary N) is 2. The van der Waals surface area contributed by atoms with Gasteiger partial charge in [-0.3, -0.25) is 9.59 Å². The van der Waals surface area contributed by atoms with Crippen molar-refractivity contribution in [2.24, 2.45) is 0 Å². The van der Waals surface area contributed by atoms with Gasteiger partial charge in [0, 0.05) is 29.7 Å². The molecule has 0 atom stereocenters. The molecule has 2 aromatic heterocycles. The number of hydrogen-bond donors (Lipinski definition) is 2. The molecule has 0 saturated heterocycles. The first kappa shape index (κ1) is 19.8. The highest BCUT2D eigenvalue weighted by Crippen LogP contribution is 2.36. The number of rotatable bonds is 6. The number of methoxy groups -OCH3 is 1. The Morgan fingerprint density at radius 3 is 2.66 bits per heavy atom. The number of para-hydroxylation sites is 2. The molecule has 0 fully saturated rings. The number of aromatic amines is 1.